The molecule has 0 radical (unpaired) electrons. The maximum absolute atomic E-state index is 12.4. The highest BCUT2D eigenvalue weighted by atomic mass is 35.5. The molecule has 0 aliphatic heterocycles. The summed E-state index contributed by atoms with van der Waals surface area (Å²) >= 11 is 18.1. The van der Waals surface area contributed by atoms with Crippen molar-refractivity contribution in [1.82, 2.24) is 4.98 Å². The van der Waals surface area contributed by atoms with Crippen molar-refractivity contribution in [1.29, 1.82) is 0 Å². The molecule has 0 fully saturated rings. The van der Waals surface area contributed by atoms with E-state index in [2.05, 4.69) is 10.3 Å². The van der Waals surface area contributed by atoms with E-state index in [1.54, 1.807) is 54.6 Å². The number of oxazole rings is 1. The van der Waals surface area contributed by atoms with Gasteiger partial charge in [-0.3, -0.25) is 4.79 Å². The fourth-order valence-corrected chi connectivity index (χ4v) is 4.15. The van der Waals surface area contributed by atoms with Crippen molar-refractivity contribution in [3.63, 3.8) is 0 Å². The van der Waals surface area contributed by atoms with Crippen molar-refractivity contribution >= 4 is 63.6 Å². The lowest BCUT2D eigenvalue weighted by Gasteiger charge is -2.01. The molecule has 0 spiro atoms. The van der Waals surface area contributed by atoms with E-state index in [9.17, 15) is 4.79 Å². The summed E-state index contributed by atoms with van der Waals surface area (Å²) in [4.78, 5) is 17.0. The Hall–Kier alpha value is -3.51. The third-order valence-corrected chi connectivity index (χ3v) is 5.99. The SMILES string of the molecule is O=C(/C=C/c1ccc(-c2ccc(Cl)cc2Cl)o1)Nc1ccc2oc(Cc3ccc(Cl)cc3)nc2c1. The summed E-state index contributed by atoms with van der Waals surface area (Å²) in [6.07, 6.45) is 3.52. The first kappa shape index (κ1) is 23.2. The van der Waals surface area contributed by atoms with Gasteiger partial charge in [-0.05, 0) is 72.3 Å². The summed E-state index contributed by atoms with van der Waals surface area (Å²) in [5.74, 6) is 1.37. The fourth-order valence-electron chi connectivity index (χ4n) is 3.52. The maximum Gasteiger partial charge on any atom is 0.248 e. The monoisotopic (exact) mass is 522 g/mol. The first-order valence-corrected chi connectivity index (χ1v) is 11.7. The normalized spacial score (nSPS) is 11.4. The molecule has 8 heteroatoms. The molecule has 5 rings (SSSR count). The number of anilines is 1. The second-order valence-electron chi connectivity index (χ2n) is 7.74. The molecule has 0 saturated heterocycles. The summed E-state index contributed by atoms with van der Waals surface area (Å²) in [5, 5.41) is 4.53. The molecule has 0 saturated carbocycles. The van der Waals surface area contributed by atoms with Crippen molar-refractivity contribution in [2.75, 3.05) is 5.32 Å². The second kappa shape index (κ2) is 10.0. The number of carbonyl (C=O) groups is 1. The minimum absolute atomic E-state index is 0.309. The molecule has 3 aromatic carbocycles. The molecule has 0 atom stereocenters. The van der Waals surface area contributed by atoms with Gasteiger partial charge in [-0.1, -0.05) is 46.9 Å². The van der Waals surface area contributed by atoms with Gasteiger partial charge in [0.05, 0.1) is 5.02 Å². The summed E-state index contributed by atoms with van der Waals surface area (Å²) in [6.45, 7) is 0. The van der Waals surface area contributed by atoms with Gasteiger partial charge in [0, 0.05) is 33.8 Å². The average Bonchev–Trinajstić information content (AvgIpc) is 3.45. The topological polar surface area (TPSA) is 68.3 Å². The van der Waals surface area contributed by atoms with Gasteiger partial charge in [-0.2, -0.15) is 0 Å². The molecule has 2 heterocycles. The van der Waals surface area contributed by atoms with Gasteiger partial charge in [0.1, 0.15) is 17.0 Å². The second-order valence-corrected chi connectivity index (χ2v) is 9.02. The van der Waals surface area contributed by atoms with Crippen LogP contribution in [0.5, 0.6) is 0 Å². The molecular formula is C27H17Cl3N2O3. The van der Waals surface area contributed by atoms with E-state index in [0.29, 0.717) is 55.7 Å². The summed E-state index contributed by atoms with van der Waals surface area (Å²) < 4.78 is 11.6. The molecular weight excluding hydrogens is 507 g/mol. The van der Waals surface area contributed by atoms with Crippen molar-refractivity contribution in [3.05, 3.63) is 111 Å². The summed E-state index contributed by atoms with van der Waals surface area (Å²) in [6, 6.07) is 21.5. The maximum atomic E-state index is 12.4. The van der Waals surface area contributed by atoms with Crippen molar-refractivity contribution in [2.24, 2.45) is 0 Å². The Labute approximate surface area is 215 Å². The molecule has 0 aliphatic carbocycles. The van der Waals surface area contributed by atoms with Gasteiger partial charge >= 0.3 is 0 Å². The molecule has 0 unspecified atom stereocenters. The number of halogens is 3. The first-order valence-electron chi connectivity index (χ1n) is 10.6. The van der Waals surface area contributed by atoms with E-state index in [4.69, 9.17) is 43.6 Å². The number of aromatic nitrogens is 1. The lowest BCUT2D eigenvalue weighted by Crippen LogP contribution is -2.07. The molecule has 174 valence electrons. The van der Waals surface area contributed by atoms with E-state index in [-0.39, 0.29) is 5.91 Å². The predicted octanol–water partition coefficient (Wildman–Crippen LogP) is 8.29. The highest BCUT2D eigenvalue weighted by Crippen LogP contribution is 2.31. The Morgan fingerprint density at radius 1 is 0.886 bits per heavy atom. The van der Waals surface area contributed by atoms with Crippen LogP contribution in [0, 0.1) is 0 Å². The molecule has 1 amide bonds. The van der Waals surface area contributed by atoms with Crippen molar-refractivity contribution in [2.45, 2.75) is 6.42 Å². The number of carbonyl (C=O) groups excluding carboxylic acids is 1. The van der Waals surface area contributed by atoms with Gasteiger partial charge in [-0.25, -0.2) is 4.98 Å². The number of rotatable bonds is 6. The van der Waals surface area contributed by atoms with E-state index in [1.807, 2.05) is 24.3 Å². The molecule has 0 bridgehead atoms. The molecule has 35 heavy (non-hydrogen) atoms. The van der Waals surface area contributed by atoms with Crippen LogP contribution in [-0.2, 0) is 11.2 Å². The number of amides is 1. The summed E-state index contributed by atoms with van der Waals surface area (Å²) in [5.41, 5.74) is 3.67. The predicted molar refractivity (Wildman–Crippen MR) is 140 cm³/mol. The van der Waals surface area contributed by atoms with Gasteiger partial charge in [-0.15, -0.1) is 0 Å². The third-order valence-electron chi connectivity index (χ3n) is 5.19. The van der Waals surface area contributed by atoms with Gasteiger partial charge in [0.15, 0.2) is 11.5 Å². The molecule has 5 aromatic rings. The van der Waals surface area contributed by atoms with Crippen molar-refractivity contribution < 1.29 is 13.6 Å². The van der Waals surface area contributed by atoms with Crippen molar-refractivity contribution in [3.8, 4) is 11.3 Å². The quantitative estimate of drug-likeness (QED) is 0.227. The number of furan rings is 1. The lowest BCUT2D eigenvalue weighted by atomic mass is 10.1. The van der Waals surface area contributed by atoms with Crippen LogP contribution in [0.1, 0.15) is 17.2 Å². The third kappa shape index (κ3) is 5.60. The highest BCUT2D eigenvalue weighted by molar-refractivity contribution is 6.36. The van der Waals surface area contributed by atoms with Crippen LogP contribution in [0.15, 0.2) is 87.7 Å². The molecule has 5 nitrogen and oxygen atoms in total. The van der Waals surface area contributed by atoms with E-state index >= 15 is 0 Å². The van der Waals surface area contributed by atoms with Gasteiger partial charge in [0.25, 0.3) is 0 Å². The van der Waals surface area contributed by atoms with E-state index in [1.165, 1.54) is 6.08 Å². The number of hydrogen-bond donors (Lipinski definition) is 1. The zero-order chi connectivity index (χ0) is 24.4. The summed E-state index contributed by atoms with van der Waals surface area (Å²) in [7, 11) is 0. The van der Waals surface area contributed by atoms with Gasteiger partial charge < -0.3 is 14.2 Å². The highest BCUT2D eigenvalue weighted by Gasteiger charge is 2.10. The minimum Gasteiger partial charge on any atom is -0.457 e. The lowest BCUT2D eigenvalue weighted by molar-refractivity contribution is -0.111. The Morgan fingerprint density at radius 3 is 2.49 bits per heavy atom. The van der Waals surface area contributed by atoms with Crippen LogP contribution >= 0.6 is 34.8 Å². The van der Waals surface area contributed by atoms with Crippen LogP contribution in [-0.4, -0.2) is 10.9 Å². The molecule has 0 aliphatic rings. The Kier molecular flexibility index (Phi) is 6.64. The van der Waals surface area contributed by atoms with Gasteiger partial charge in [0.2, 0.25) is 5.91 Å². The molecule has 2 aromatic heterocycles. The zero-order valence-corrected chi connectivity index (χ0v) is 20.4. The Bertz CT molecular complexity index is 1550. The fraction of sp³-hybridized carbons (Fsp3) is 0.0370. The zero-order valence-electron chi connectivity index (χ0n) is 18.1. The largest absolute Gasteiger partial charge is 0.457 e. The average molecular weight is 524 g/mol. The van der Waals surface area contributed by atoms with E-state index < -0.39 is 0 Å². The Balaban J connectivity index is 1.25. The number of nitrogens with zero attached hydrogens (tertiary/aromatic N) is 1. The van der Waals surface area contributed by atoms with Crippen LogP contribution < -0.4 is 5.32 Å². The number of nitrogens with one attached hydrogen (secondary N) is 1. The minimum atomic E-state index is -0.309. The number of hydrogen-bond acceptors (Lipinski definition) is 4. The van der Waals surface area contributed by atoms with Crippen LogP contribution in [0.3, 0.4) is 0 Å². The van der Waals surface area contributed by atoms with E-state index in [0.717, 1.165) is 11.1 Å². The van der Waals surface area contributed by atoms with Crippen LogP contribution in [0.2, 0.25) is 15.1 Å². The number of benzene rings is 3. The first-order chi connectivity index (χ1) is 16.9. The Morgan fingerprint density at radius 2 is 1.69 bits per heavy atom. The molecule has 1 N–H and O–H groups in total. The standard InChI is InChI=1S/C27H17Cl3N2O3/c28-17-3-1-16(2-4-17)13-27-32-23-15-19(6-10-25(23)35-27)31-26(33)12-8-20-7-11-24(34-20)21-9-5-18(29)14-22(21)30/h1-12,14-15H,13H2,(H,31,33)/b12-8+. The number of fused-ring (bicyclic) bond motifs is 1. The van der Waals surface area contributed by atoms with Crippen LogP contribution in [0.4, 0.5) is 5.69 Å². The van der Waals surface area contributed by atoms with Crippen LogP contribution in [0.25, 0.3) is 28.5 Å². The smallest absolute Gasteiger partial charge is 0.248 e.